The molecule has 2 aromatic carbocycles. The maximum absolute atomic E-state index is 13.4. The zero-order chi connectivity index (χ0) is 19.8. The van der Waals surface area contributed by atoms with E-state index in [0.29, 0.717) is 5.56 Å². The number of rotatable bonds is 7. The van der Waals surface area contributed by atoms with Crippen molar-refractivity contribution in [3.05, 3.63) is 65.7 Å². The highest BCUT2D eigenvalue weighted by Gasteiger charge is 2.13. The van der Waals surface area contributed by atoms with Gasteiger partial charge in [0.2, 0.25) is 0 Å². The molecule has 27 heavy (non-hydrogen) atoms. The summed E-state index contributed by atoms with van der Waals surface area (Å²) in [4.78, 5) is 23.2. The minimum Gasteiger partial charge on any atom is -0.452 e. The molecule has 0 spiro atoms. The van der Waals surface area contributed by atoms with Gasteiger partial charge in [-0.25, -0.2) is 13.6 Å². The van der Waals surface area contributed by atoms with Gasteiger partial charge in [0.15, 0.2) is 6.61 Å². The minimum absolute atomic E-state index is 0.0400. The van der Waals surface area contributed by atoms with Crippen molar-refractivity contribution in [2.45, 2.75) is 6.61 Å². The standard InChI is InChI=1S/C18H13F4NO4/c19-13-2-1-3-14(20)17(13)23-15(24)10-26-16(25)9-6-11-4-7-12(8-5-11)27-18(21)22/h1-9,18H,10H2,(H,23,24)/b9-6+. The third-order valence-electron chi connectivity index (χ3n) is 3.09. The highest BCUT2D eigenvalue weighted by Crippen LogP contribution is 2.18. The maximum Gasteiger partial charge on any atom is 0.387 e. The Morgan fingerprint density at radius 3 is 2.26 bits per heavy atom. The van der Waals surface area contributed by atoms with Gasteiger partial charge in [-0.2, -0.15) is 8.78 Å². The number of nitrogens with one attached hydrogen (secondary N) is 1. The summed E-state index contributed by atoms with van der Waals surface area (Å²) < 4.78 is 59.7. The molecule has 1 N–H and O–H groups in total. The molecule has 9 heteroatoms. The fraction of sp³-hybridized carbons (Fsp3) is 0.111. The maximum atomic E-state index is 13.4. The predicted octanol–water partition coefficient (Wildman–Crippen LogP) is 3.76. The average Bonchev–Trinajstić information content (AvgIpc) is 2.62. The van der Waals surface area contributed by atoms with Gasteiger partial charge >= 0.3 is 12.6 Å². The Bertz CT molecular complexity index is 818. The van der Waals surface area contributed by atoms with Gasteiger partial charge in [-0.15, -0.1) is 0 Å². The largest absolute Gasteiger partial charge is 0.452 e. The molecule has 0 saturated carbocycles. The number of alkyl halides is 2. The van der Waals surface area contributed by atoms with E-state index in [9.17, 15) is 27.2 Å². The lowest BCUT2D eigenvalue weighted by molar-refractivity contribution is -0.142. The Morgan fingerprint density at radius 2 is 1.67 bits per heavy atom. The Kier molecular flexibility index (Phi) is 6.93. The first-order chi connectivity index (χ1) is 12.8. The molecule has 5 nitrogen and oxygen atoms in total. The Labute approximate surface area is 151 Å². The lowest BCUT2D eigenvalue weighted by Gasteiger charge is -2.07. The van der Waals surface area contributed by atoms with Crippen molar-refractivity contribution in [2.24, 2.45) is 0 Å². The van der Waals surface area contributed by atoms with Crippen LogP contribution >= 0.6 is 0 Å². The molecule has 2 aromatic rings. The molecular formula is C18H13F4NO4. The second kappa shape index (κ2) is 9.37. The van der Waals surface area contributed by atoms with Crippen LogP contribution in [-0.4, -0.2) is 25.1 Å². The van der Waals surface area contributed by atoms with Gasteiger partial charge < -0.3 is 14.8 Å². The van der Waals surface area contributed by atoms with Crippen molar-refractivity contribution in [2.75, 3.05) is 11.9 Å². The number of carbonyl (C=O) groups excluding carboxylic acids is 2. The number of amides is 1. The summed E-state index contributed by atoms with van der Waals surface area (Å²) in [5.74, 6) is -3.77. The van der Waals surface area contributed by atoms with Crippen LogP contribution in [0.25, 0.3) is 6.08 Å². The Hall–Kier alpha value is -3.36. The summed E-state index contributed by atoms with van der Waals surface area (Å²) >= 11 is 0. The molecule has 0 heterocycles. The third-order valence-corrected chi connectivity index (χ3v) is 3.09. The zero-order valence-electron chi connectivity index (χ0n) is 13.6. The third kappa shape index (κ3) is 6.46. The number of halogens is 4. The van der Waals surface area contributed by atoms with E-state index < -0.39 is 42.4 Å². The van der Waals surface area contributed by atoms with Gasteiger partial charge in [0.1, 0.15) is 23.1 Å². The number of hydrogen-bond acceptors (Lipinski definition) is 4. The molecule has 1 amide bonds. The molecule has 0 radical (unpaired) electrons. The van der Waals surface area contributed by atoms with E-state index in [4.69, 9.17) is 0 Å². The summed E-state index contributed by atoms with van der Waals surface area (Å²) in [7, 11) is 0. The monoisotopic (exact) mass is 383 g/mol. The summed E-state index contributed by atoms with van der Waals surface area (Å²) in [5, 5.41) is 1.96. The molecule has 2 rings (SSSR count). The van der Waals surface area contributed by atoms with Crippen LogP contribution in [0.4, 0.5) is 23.2 Å². The van der Waals surface area contributed by atoms with E-state index in [0.717, 1.165) is 24.3 Å². The van der Waals surface area contributed by atoms with Crippen LogP contribution < -0.4 is 10.1 Å². The predicted molar refractivity (Wildman–Crippen MR) is 88.1 cm³/mol. The van der Waals surface area contributed by atoms with Crippen LogP contribution in [0.5, 0.6) is 5.75 Å². The molecule has 142 valence electrons. The fourth-order valence-corrected chi connectivity index (χ4v) is 1.90. The minimum atomic E-state index is -2.94. The molecule has 0 saturated heterocycles. The van der Waals surface area contributed by atoms with Crippen molar-refractivity contribution in [1.82, 2.24) is 0 Å². The Balaban J connectivity index is 1.83. The topological polar surface area (TPSA) is 64.6 Å². The van der Waals surface area contributed by atoms with Gasteiger partial charge in [0.25, 0.3) is 5.91 Å². The first-order valence-electron chi connectivity index (χ1n) is 7.48. The van der Waals surface area contributed by atoms with Crippen molar-refractivity contribution >= 4 is 23.6 Å². The van der Waals surface area contributed by atoms with Crippen LogP contribution in [-0.2, 0) is 14.3 Å². The molecule has 0 aromatic heterocycles. The van der Waals surface area contributed by atoms with E-state index in [1.54, 1.807) is 0 Å². The van der Waals surface area contributed by atoms with Crippen molar-refractivity contribution in [3.63, 3.8) is 0 Å². The molecular weight excluding hydrogens is 370 g/mol. The van der Waals surface area contributed by atoms with Crippen LogP contribution in [0.1, 0.15) is 5.56 Å². The van der Waals surface area contributed by atoms with E-state index in [2.05, 4.69) is 9.47 Å². The summed E-state index contributed by atoms with van der Waals surface area (Å²) in [6, 6.07) is 8.49. The van der Waals surface area contributed by atoms with Crippen LogP contribution in [0, 0.1) is 11.6 Å². The average molecular weight is 383 g/mol. The lowest BCUT2D eigenvalue weighted by atomic mass is 10.2. The second-order valence-electron chi connectivity index (χ2n) is 5.03. The number of esters is 1. The summed E-state index contributed by atoms with van der Waals surface area (Å²) in [6.07, 6.45) is 2.32. The molecule has 0 unspecified atom stereocenters. The Morgan fingerprint density at radius 1 is 1.04 bits per heavy atom. The first kappa shape index (κ1) is 20.0. The second-order valence-corrected chi connectivity index (χ2v) is 5.03. The quantitative estimate of drug-likeness (QED) is 0.449. The van der Waals surface area contributed by atoms with E-state index >= 15 is 0 Å². The highest BCUT2D eigenvalue weighted by molar-refractivity contribution is 5.94. The number of anilines is 1. The van der Waals surface area contributed by atoms with Gasteiger partial charge in [-0.3, -0.25) is 4.79 Å². The summed E-state index contributed by atoms with van der Waals surface area (Å²) in [6.45, 7) is -3.69. The van der Waals surface area contributed by atoms with Gasteiger partial charge in [0, 0.05) is 6.08 Å². The smallest absolute Gasteiger partial charge is 0.387 e. The first-order valence-corrected chi connectivity index (χ1v) is 7.48. The number of benzene rings is 2. The van der Waals surface area contributed by atoms with E-state index in [1.165, 1.54) is 30.3 Å². The SMILES string of the molecule is O=C(COC(=O)/C=C/c1ccc(OC(F)F)cc1)Nc1c(F)cccc1F. The van der Waals surface area contributed by atoms with Crippen molar-refractivity contribution in [1.29, 1.82) is 0 Å². The van der Waals surface area contributed by atoms with Gasteiger partial charge in [-0.1, -0.05) is 18.2 Å². The fourth-order valence-electron chi connectivity index (χ4n) is 1.90. The zero-order valence-corrected chi connectivity index (χ0v) is 13.6. The summed E-state index contributed by atoms with van der Waals surface area (Å²) in [5.41, 5.74) is -0.147. The number of ether oxygens (including phenoxy) is 2. The molecule has 0 aliphatic rings. The number of carbonyl (C=O) groups is 2. The van der Waals surface area contributed by atoms with Gasteiger partial charge in [0.05, 0.1) is 0 Å². The van der Waals surface area contributed by atoms with Crippen LogP contribution in [0.15, 0.2) is 48.5 Å². The van der Waals surface area contributed by atoms with Gasteiger partial charge in [-0.05, 0) is 35.9 Å². The molecule has 0 atom stereocenters. The van der Waals surface area contributed by atoms with E-state index in [1.807, 2.05) is 5.32 Å². The lowest BCUT2D eigenvalue weighted by Crippen LogP contribution is -2.21. The molecule has 0 fully saturated rings. The van der Waals surface area contributed by atoms with Crippen molar-refractivity contribution in [3.8, 4) is 5.75 Å². The number of hydrogen-bond donors (Lipinski definition) is 1. The normalized spacial score (nSPS) is 10.9. The molecule has 0 bridgehead atoms. The highest BCUT2D eigenvalue weighted by atomic mass is 19.3. The number of para-hydroxylation sites is 1. The van der Waals surface area contributed by atoms with Crippen LogP contribution in [0.2, 0.25) is 0 Å². The van der Waals surface area contributed by atoms with Crippen LogP contribution in [0.3, 0.4) is 0 Å². The van der Waals surface area contributed by atoms with E-state index in [-0.39, 0.29) is 5.75 Å². The van der Waals surface area contributed by atoms with Crippen molar-refractivity contribution < 1.29 is 36.6 Å². The molecule has 0 aliphatic heterocycles. The molecule has 0 aliphatic carbocycles.